The summed E-state index contributed by atoms with van der Waals surface area (Å²) in [6.45, 7) is 4.65. The molecule has 1 fully saturated rings. The minimum Gasteiger partial charge on any atom is -0.371 e. The van der Waals surface area contributed by atoms with Crippen molar-refractivity contribution in [3.05, 3.63) is 46.9 Å². The standard InChI is InChI=1S/C18H24N4OS/c1-14(17-19-9-12-24-17)13-20-18(23)21-15-7-10-22(11-8-15)16-5-3-2-4-6-16/h2-6,9,12,14-15H,7-8,10-11,13H2,1H3,(H2,20,21,23)/t14-/m0/s1. The minimum absolute atomic E-state index is 0.0726. The van der Waals surface area contributed by atoms with Crippen molar-refractivity contribution >= 4 is 23.1 Å². The SMILES string of the molecule is C[C@@H](CNC(=O)NC1CCN(c2ccccc2)CC1)c1nccs1. The number of hydrogen-bond donors (Lipinski definition) is 2. The van der Waals surface area contributed by atoms with E-state index in [1.165, 1.54) is 5.69 Å². The zero-order chi connectivity index (χ0) is 16.8. The molecule has 128 valence electrons. The molecule has 0 radical (unpaired) electrons. The predicted octanol–water partition coefficient (Wildman–Crippen LogP) is 3.21. The summed E-state index contributed by atoms with van der Waals surface area (Å²) in [7, 11) is 0. The normalized spacial score (nSPS) is 16.6. The number of anilines is 1. The van der Waals surface area contributed by atoms with E-state index >= 15 is 0 Å². The molecule has 0 bridgehead atoms. The fourth-order valence-corrected chi connectivity index (χ4v) is 3.67. The van der Waals surface area contributed by atoms with E-state index in [1.54, 1.807) is 17.5 Å². The number of nitrogens with zero attached hydrogens (tertiary/aromatic N) is 2. The van der Waals surface area contributed by atoms with Gasteiger partial charge in [0.15, 0.2) is 0 Å². The Kier molecular flexibility index (Phi) is 5.69. The molecular formula is C18H24N4OS. The van der Waals surface area contributed by atoms with E-state index in [2.05, 4.69) is 51.7 Å². The number of para-hydroxylation sites is 1. The van der Waals surface area contributed by atoms with Crippen LogP contribution in [0, 0.1) is 0 Å². The van der Waals surface area contributed by atoms with Gasteiger partial charge in [-0.2, -0.15) is 0 Å². The molecule has 2 aromatic rings. The van der Waals surface area contributed by atoms with Crippen LogP contribution in [0.3, 0.4) is 0 Å². The Morgan fingerprint density at radius 2 is 2.08 bits per heavy atom. The van der Waals surface area contributed by atoms with Crippen molar-refractivity contribution in [1.29, 1.82) is 0 Å². The van der Waals surface area contributed by atoms with E-state index in [-0.39, 0.29) is 18.0 Å². The first-order chi connectivity index (χ1) is 11.7. The van der Waals surface area contributed by atoms with Crippen LogP contribution in [0.2, 0.25) is 0 Å². The lowest BCUT2D eigenvalue weighted by atomic mass is 10.0. The van der Waals surface area contributed by atoms with Crippen LogP contribution in [0.1, 0.15) is 30.7 Å². The summed E-state index contributed by atoms with van der Waals surface area (Å²) in [4.78, 5) is 18.7. The number of aromatic nitrogens is 1. The Morgan fingerprint density at radius 3 is 2.75 bits per heavy atom. The molecule has 2 N–H and O–H groups in total. The van der Waals surface area contributed by atoms with Crippen LogP contribution in [0.25, 0.3) is 0 Å². The molecule has 0 aliphatic carbocycles. The predicted molar refractivity (Wildman–Crippen MR) is 98.7 cm³/mol. The zero-order valence-electron chi connectivity index (χ0n) is 13.9. The number of carbonyl (C=O) groups excluding carboxylic acids is 1. The molecule has 1 saturated heterocycles. The minimum atomic E-state index is -0.0726. The van der Waals surface area contributed by atoms with Crippen molar-refractivity contribution < 1.29 is 4.79 Å². The molecule has 0 saturated carbocycles. The number of nitrogens with one attached hydrogen (secondary N) is 2. The topological polar surface area (TPSA) is 57.3 Å². The first-order valence-corrected chi connectivity index (χ1v) is 9.34. The number of thiazole rings is 1. The third-order valence-corrected chi connectivity index (χ3v) is 5.40. The summed E-state index contributed by atoms with van der Waals surface area (Å²) < 4.78 is 0. The molecule has 2 heterocycles. The van der Waals surface area contributed by atoms with E-state index in [1.807, 2.05) is 11.4 Å². The van der Waals surface area contributed by atoms with Gasteiger partial charge in [-0.15, -0.1) is 11.3 Å². The van der Waals surface area contributed by atoms with E-state index in [0.717, 1.165) is 30.9 Å². The van der Waals surface area contributed by atoms with Crippen molar-refractivity contribution in [2.24, 2.45) is 0 Å². The van der Waals surface area contributed by atoms with E-state index in [9.17, 15) is 4.79 Å². The molecule has 1 atom stereocenters. The molecule has 0 unspecified atom stereocenters. The van der Waals surface area contributed by atoms with Crippen molar-refractivity contribution in [2.45, 2.75) is 31.7 Å². The van der Waals surface area contributed by atoms with Gasteiger partial charge in [-0.25, -0.2) is 9.78 Å². The Hall–Kier alpha value is -2.08. The Balaban J connectivity index is 1.39. The van der Waals surface area contributed by atoms with Crippen LogP contribution in [0.15, 0.2) is 41.9 Å². The third-order valence-electron chi connectivity index (χ3n) is 4.39. The monoisotopic (exact) mass is 344 g/mol. The number of carbonyl (C=O) groups is 1. The Labute approximate surface area is 147 Å². The average molecular weight is 344 g/mol. The fourth-order valence-electron chi connectivity index (χ4n) is 2.97. The number of amides is 2. The van der Waals surface area contributed by atoms with Gasteiger partial charge >= 0.3 is 6.03 Å². The van der Waals surface area contributed by atoms with Gasteiger partial charge in [-0.1, -0.05) is 25.1 Å². The maximum Gasteiger partial charge on any atom is 0.315 e. The summed E-state index contributed by atoms with van der Waals surface area (Å²) in [5.41, 5.74) is 1.26. The van der Waals surface area contributed by atoms with Crippen LogP contribution in [-0.4, -0.2) is 36.7 Å². The molecule has 6 heteroatoms. The summed E-state index contributed by atoms with van der Waals surface area (Å²) in [6, 6.07) is 10.6. The highest BCUT2D eigenvalue weighted by Gasteiger charge is 2.21. The maximum atomic E-state index is 12.1. The lowest BCUT2D eigenvalue weighted by Crippen LogP contribution is -2.48. The third kappa shape index (κ3) is 4.47. The Morgan fingerprint density at radius 1 is 1.33 bits per heavy atom. The van der Waals surface area contributed by atoms with Crippen molar-refractivity contribution in [1.82, 2.24) is 15.6 Å². The molecule has 24 heavy (non-hydrogen) atoms. The second-order valence-electron chi connectivity index (χ2n) is 6.22. The van der Waals surface area contributed by atoms with Gasteiger partial charge in [0.05, 0.1) is 5.01 Å². The first-order valence-electron chi connectivity index (χ1n) is 8.46. The van der Waals surface area contributed by atoms with Gasteiger partial charge in [-0.05, 0) is 25.0 Å². The summed E-state index contributed by atoms with van der Waals surface area (Å²) in [5.74, 6) is 0.246. The van der Waals surface area contributed by atoms with Crippen molar-refractivity contribution in [3.8, 4) is 0 Å². The summed E-state index contributed by atoms with van der Waals surface area (Å²) in [5, 5.41) is 9.09. The van der Waals surface area contributed by atoms with Crippen molar-refractivity contribution in [3.63, 3.8) is 0 Å². The lowest BCUT2D eigenvalue weighted by molar-refractivity contribution is 0.234. The first kappa shape index (κ1) is 16.8. The van der Waals surface area contributed by atoms with Crippen LogP contribution in [0.5, 0.6) is 0 Å². The highest BCUT2D eigenvalue weighted by molar-refractivity contribution is 7.09. The van der Waals surface area contributed by atoms with Gasteiger partial charge in [0, 0.05) is 48.9 Å². The van der Waals surface area contributed by atoms with Crippen LogP contribution < -0.4 is 15.5 Å². The molecule has 3 rings (SSSR count). The zero-order valence-corrected chi connectivity index (χ0v) is 14.8. The quantitative estimate of drug-likeness (QED) is 0.876. The fraction of sp³-hybridized carbons (Fsp3) is 0.444. The smallest absolute Gasteiger partial charge is 0.315 e. The van der Waals surface area contributed by atoms with Gasteiger partial charge in [-0.3, -0.25) is 0 Å². The van der Waals surface area contributed by atoms with Gasteiger partial charge < -0.3 is 15.5 Å². The molecule has 1 aromatic carbocycles. The summed E-state index contributed by atoms with van der Waals surface area (Å²) in [6.07, 6.45) is 3.76. The maximum absolute atomic E-state index is 12.1. The van der Waals surface area contributed by atoms with Crippen LogP contribution >= 0.6 is 11.3 Å². The van der Waals surface area contributed by atoms with Gasteiger partial charge in [0.25, 0.3) is 0 Å². The average Bonchev–Trinajstić information content (AvgIpc) is 3.16. The largest absolute Gasteiger partial charge is 0.371 e. The molecule has 1 aliphatic rings. The lowest BCUT2D eigenvalue weighted by Gasteiger charge is -2.34. The van der Waals surface area contributed by atoms with Crippen molar-refractivity contribution in [2.75, 3.05) is 24.5 Å². The molecule has 2 amide bonds. The second kappa shape index (κ2) is 8.15. The van der Waals surface area contributed by atoms with E-state index in [4.69, 9.17) is 0 Å². The Bertz CT molecular complexity index is 624. The molecule has 0 spiro atoms. The highest BCUT2D eigenvalue weighted by atomic mass is 32.1. The highest BCUT2D eigenvalue weighted by Crippen LogP contribution is 2.19. The van der Waals surface area contributed by atoms with Gasteiger partial charge in [0.1, 0.15) is 0 Å². The number of urea groups is 1. The molecule has 1 aliphatic heterocycles. The molecular weight excluding hydrogens is 320 g/mol. The number of rotatable bonds is 5. The van der Waals surface area contributed by atoms with Gasteiger partial charge in [0.2, 0.25) is 0 Å². The number of hydrogen-bond acceptors (Lipinski definition) is 4. The van der Waals surface area contributed by atoms with Crippen LogP contribution in [-0.2, 0) is 0 Å². The van der Waals surface area contributed by atoms with E-state index in [0.29, 0.717) is 6.54 Å². The van der Waals surface area contributed by atoms with Crippen LogP contribution in [0.4, 0.5) is 10.5 Å². The molecule has 5 nitrogen and oxygen atoms in total. The number of benzene rings is 1. The second-order valence-corrected chi connectivity index (χ2v) is 7.15. The molecule has 1 aromatic heterocycles. The van der Waals surface area contributed by atoms with E-state index < -0.39 is 0 Å². The number of piperidine rings is 1. The summed E-state index contributed by atoms with van der Waals surface area (Å²) >= 11 is 1.63.